The number of aryl methyl sites for hydroxylation is 2. The van der Waals surface area contributed by atoms with Gasteiger partial charge in [0.1, 0.15) is 17.5 Å². The third-order valence-corrected chi connectivity index (χ3v) is 6.09. The van der Waals surface area contributed by atoms with Gasteiger partial charge in [-0.3, -0.25) is 0 Å². The molecule has 0 saturated carbocycles. The summed E-state index contributed by atoms with van der Waals surface area (Å²) in [5.41, 5.74) is 1.89. The second-order valence-corrected chi connectivity index (χ2v) is 9.08. The molecule has 0 spiro atoms. The van der Waals surface area contributed by atoms with Crippen molar-refractivity contribution in [2.24, 2.45) is 0 Å². The largest absolute Gasteiger partial charge is 0.369 e. The molecule has 28 heavy (non-hydrogen) atoms. The van der Waals surface area contributed by atoms with E-state index in [1.807, 2.05) is 44.2 Å². The highest BCUT2D eigenvalue weighted by atomic mass is 32.2. The average Bonchev–Trinajstić information content (AvgIpc) is 2.67. The van der Waals surface area contributed by atoms with E-state index in [2.05, 4.69) is 24.9 Å². The Bertz CT molecular complexity index is 878. The van der Waals surface area contributed by atoms with Crippen LogP contribution in [0.3, 0.4) is 0 Å². The van der Waals surface area contributed by atoms with E-state index in [4.69, 9.17) is 0 Å². The number of rotatable bonds is 8. The number of benzene rings is 1. The fourth-order valence-corrected chi connectivity index (χ4v) is 4.43. The molecular formula is C20H29N5O2S. The Morgan fingerprint density at radius 2 is 1.71 bits per heavy atom. The summed E-state index contributed by atoms with van der Waals surface area (Å²) in [4.78, 5) is 11.2. The number of nitrogens with zero attached hydrogens (tertiary/aromatic N) is 3. The van der Waals surface area contributed by atoms with Crippen LogP contribution in [0.15, 0.2) is 30.3 Å². The monoisotopic (exact) mass is 403 g/mol. The lowest BCUT2D eigenvalue weighted by atomic mass is 10.1. The van der Waals surface area contributed by atoms with Gasteiger partial charge < -0.3 is 10.2 Å². The van der Waals surface area contributed by atoms with Crippen molar-refractivity contribution in [2.45, 2.75) is 38.9 Å². The van der Waals surface area contributed by atoms with Crippen molar-refractivity contribution in [3.8, 4) is 0 Å². The van der Waals surface area contributed by atoms with Crippen LogP contribution in [-0.2, 0) is 15.8 Å². The maximum Gasteiger partial charge on any atom is 0.215 e. The van der Waals surface area contributed by atoms with Crippen molar-refractivity contribution in [1.82, 2.24) is 14.7 Å². The second-order valence-electron chi connectivity index (χ2n) is 7.27. The van der Waals surface area contributed by atoms with E-state index >= 15 is 0 Å². The molecule has 2 N–H and O–H groups in total. The lowest BCUT2D eigenvalue weighted by Gasteiger charge is -2.28. The summed E-state index contributed by atoms with van der Waals surface area (Å²) in [6, 6.07) is 9.48. The predicted octanol–water partition coefficient (Wildman–Crippen LogP) is 2.62. The summed E-state index contributed by atoms with van der Waals surface area (Å²) >= 11 is 0. The Morgan fingerprint density at radius 1 is 1.00 bits per heavy atom. The first-order valence-electron chi connectivity index (χ1n) is 9.79. The van der Waals surface area contributed by atoms with Gasteiger partial charge in [-0.15, -0.1) is 0 Å². The molecule has 0 aliphatic carbocycles. The van der Waals surface area contributed by atoms with E-state index in [0.717, 1.165) is 35.9 Å². The minimum absolute atomic E-state index is 0.0149. The molecule has 1 aliphatic heterocycles. The molecule has 2 aromatic rings. The highest BCUT2D eigenvalue weighted by Crippen LogP contribution is 2.20. The topological polar surface area (TPSA) is 87.2 Å². The smallest absolute Gasteiger partial charge is 0.215 e. The van der Waals surface area contributed by atoms with Gasteiger partial charge in [0.2, 0.25) is 10.0 Å². The lowest BCUT2D eigenvalue weighted by molar-refractivity contribution is 0.572. The van der Waals surface area contributed by atoms with E-state index in [9.17, 15) is 8.42 Å². The predicted molar refractivity (Wildman–Crippen MR) is 113 cm³/mol. The van der Waals surface area contributed by atoms with Crippen LogP contribution in [0.4, 0.5) is 11.6 Å². The molecule has 1 saturated heterocycles. The van der Waals surface area contributed by atoms with Crippen molar-refractivity contribution < 1.29 is 8.42 Å². The normalized spacial score (nSPS) is 14.9. The highest BCUT2D eigenvalue weighted by Gasteiger charge is 2.14. The second kappa shape index (κ2) is 9.34. The minimum atomic E-state index is -3.37. The van der Waals surface area contributed by atoms with Gasteiger partial charge in [0.15, 0.2) is 0 Å². The summed E-state index contributed by atoms with van der Waals surface area (Å²) in [6.07, 6.45) is 3.65. The Hall–Kier alpha value is -2.19. The van der Waals surface area contributed by atoms with Crippen LogP contribution < -0.4 is 14.9 Å². The number of hydrogen-bond acceptors (Lipinski definition) is 6. The number of sulfonamides is 1. The van der Waals surface area contributed by atoms with Crippen LogP contribution in [0.25, 0.3) is 0 Å². The first kappa shape index (κ1) is 20.5. The fraction of sp³-hybridized carbons (Fsp3) is 0.500. The van der Waals surface area contributed by atoms with Crippen molar-refractivity contribution in [3.05, 3.63) is 47.3 Å². The van der Waals surface area contributed by atoms with Gasteiger partial charge in [-0.2, -0.15) is 0 Å². The zero-order chi connectivity index (χ0) is 20.0. The average molecular weight is 404 g/mol. The molecule has 1 aromatic carbocycles. The Balaban J connectivity index is 1.50. The molecule has 0 radical (unpaired) electrons. The summed E-state index contributed by atoms with van der Waals surface area (Å²) in [6.45, 7) is 6.67. The molecule has 0 unspecified atom stereocenters. The molecule has 0 atom stereocenters. The molecule has 0 amide bonds. The van der Waals surface area contributed by atoms with Crippen molar-refractivity contribution in [2.75, 3.05) is 36.4 Å². The molecule has 1 fully saturated rings. The van der Waals surface area contributed by atoms with Crippen molar-refractivity contribution in [1.29, 1.82) is 0 Å². The van der Waals surface area contributed by atoms with E-state index in [1.165, 1.54) is 19.3 Å². The van der Waals surface area contributed by atoms with E-state index in [1.54, 1.807) is 0 Å². The molecule has 1 aliphatic rings. The third kappa shape index (κ3) is 6.17. The van der Waals surface area contributed by atoms with Crippen molar-refractivity contribution in [3.63, 3.8) is 0 Å². The SMILES string of the molecule is Cc1ccc(CS(=O)(=O)NCCNc2cc(N3CCCCC3)nc(C)n2)cc1. The molecule has 0 bridgehead atoms. The van der Waals surface area contributed by atoms with E-state index in [0.29, 0.717) is 18.9 Å². The van der Waals surface area contributed by atoms with Crippen molar-refractivity contribution >= 4 is 21.7 Å². The van der Waals surface area contributed by atoms with Crippen LogP contribution in [0.5, 0.6) is 0 Å². The van der Waals surface area contributed by atoms with Crippen LogP contribution in [0, 0.1) is 13.8 Å². The van der Waals surface area contributed by atoms with Gasteiger partial charge in [0.05, 0.1) is 5.75 Å². The molecule has 8 heteroatoms. The van der Waals surface area contributed by atoms with Crippen LogP contribution >= 0.6 is 0 Å². The van der Waals surface area contributed by atoms with E-state index in [-0.39, 0.29) is 5.75 Å². The highest BCUT2D eigenvalue weighted by molar-refractivity contribution is 7.88. The molecule has 152 valence electrons. The molecular weight excluding hydrogens is 374 g/mol. The van der Waals surface area contributed by atoms with Gasteiger partial charge in [0, 0.05) is 32.2 Å². The molecule has 1 aromatic heterocycles. The number of hydrogen-bond donors (Lipinski definition) is 2. The fourth-order valence-electron chi connectivity index (χ4n) is 3.28. The van der Waals surface area contributed by atoms with Gasteiger partial charge in [-0.1, -0.05) is 29.8 Å². The van der Waals surface area contributed by atoms with Crippen LogP contribution in [0.2, 0.25) is 0 Å². The molecule has 3 rings (SSSR count). The lowest BCUT2D eigenvalue weighted by Crippen LogP contribution is -2.31. The first-order chi connectivity index (χ1) is 13.4. The molecule has 7 nitrogen and oxygen atoms in total. The quantitative estimate of drug-likeness (QED) is 0.659. The maximum atomic E-state index is 12.2. The standard InChI is InChI=1S/C20H29N5O2S/c1-16-6-8-18(9-7-16)15-28(26,27)22-11-10-21-19-14-20(24-17(2)23-19)25-12-4-3-5-13-25/h6-9,14,22H,3-5,10-13,15H2,1-2H3,(H,21,23,24). The third-order valence-electron chi connectivity index (χ3n) is 4.73. The number of anilines is 2. The maximum absolute atomic E-state index is 12.2. The van der Waals surface area contributed by atoms with Gasteiger partial charge in [-0.25, -0.2) is 23.1 Å². The summed E-state index contributed by atoms with van der Waals surface area (Å²) in [5, 5.41) is 3.20. The summed E-state index contributed by atoms with van der Waals surface area (Å²) < 4.78 is 27.1. The van der Waals surface area contributed by atoms with Gasteiger partial charge in [-0.05, 0) is 38.7 Å². The number of aromatic nitrogens is 2. The Labute approximate surface area is 167 Å². The van der Waals surface area contributed by atoms with Gasteiger partial charge in [0.25, 0.3) is 0 Å². The van der Waals surface area contributed by atoms with Crippen LogP contribution in [0.1, 0.15) is 36.2 Å². The Kier molecular flexibility index (Phi) is 6.85. The molecule has 2 heterocycles. The zero-order valence-electron chi connectivity index (χ0n) is 16.6. The summed E-state index contributed by atoms with van der Waals surface area (Å²) in [7, 11) is -3.37. The summed E-state index contributed by atoms with van der Waals surface area (Å²) in [5.74, 6) is 2.37. The minimum Gasteiger partial charge on any atom is -0.369 e. The number of piperidine rings is 1. The van der Waals surface area contributed by atoms with E-state index < -0.39 is 10.0 Å². The first-order valence-corrected chi connectivity index (χ1v) is 11.4. The van der Waals surface area contributed by atoms with Crippen LogP contribution in [-0.4, -0.2) is 44.6 Å². The number of nitrogens with one attached hydrogen (secondary N) is 2. The zero-order valence-corrected chi connectivity index (χ0v) is 17.4. The Morgan fingerprint density at radius 3 is 2.43 bits per heavy atom. The van der Waals surface area contributed by atoms with Gasteiger partial charge >= 0.3 is 0 Å².